The minimum atomic E-state index is -1.15. The first-order valence-corrected chi connectivity index (χ1v) is 9.21. The summed E-state index contributed by atoms with van der Waals surface area (Å²) in [5.41, 5.74) is 0.442. The van der Waals surface area contributed by atoms with E-state index in [2.05, 4.69) is 10.6 Å². The number of aromatic nitrogens is 1. The summed E-state index contributed by atoms with van der Waals surface area (Å²) in [4.78, 5) is 36.8. The highest BCUT2D eigenvalue weighted by Crippen LogP contribution is 2.26. The lowest BCUT2D eigenvalue weighted by molar-refractivity contribution is -0.140. The van der Waals surface area contributed by atoms with Gasteiger partial charge in [-0.15, -0.1) is 0 Å². The van der Waals surface area contributed by atoms with Crippen molar-refractivity contribution < 1.29 is 23.9 Å². The van der Waals surface area contributed by atoms with Crippen molar-refractivity contribution in [2.45, 2.75) is 39.2 Å². The molecule has 0 fully saturated rings. The number of nitrogens with zero attached hydrogens (tertiary/aromatic N) is 1. The van der Waals surface area contributed by atoms with E-state index in [1.807, 2.05) is 0 Å². The molecule has 2 amide bonds. The Morgan fingerprint density at radius 3 is 2.24 bits per heavy atom. The fourth-order valence-electron chi connectivity index (χ4n) is 3.08. The second-order valence-corrected chi connectivity index (χ2v) is 7.85. The zero-order valence-electron chi connectivity index (χ0n) is 16.9. The first-order valence-electron chi connectivity index (χ1n) is 9.21. The van der Waals surface area contributed by atoms with Crippen molar-refractivity contribution in [1.82, 2.24) is 15.2 Å². The van der Waals surface area contributed by atoms with Crippen molar-refractivity contribution in [3.63, 3.8) is 0 Å². The fourth-order valence-corrected chi connectivity index (χ4v) is 3.08. The predicted octanol–water partition coefficient (Wildman–Crippen LogP) is 2.45. The smallest absolute Gasteiger partial charge is 0.304 e. The van der Waals surface area contributed by atoms with Gasteiger partial charge < -0.3 is 20.3 Å². The van der Waals surface area contributed by atoms with Gasteiger partial charge in [-0.3, -0.25) is 14.4 Å². The van der Waals surface area contributed by atoms with Gasteiger partial charge >= 0.3 is 5.97 Å². The highest BCUT2D eigenvalue weighted by molar-refractivity contribution is 5.92. The molecule has 0 saturated heterocycles. The van der Waals surface area contributed by atoms with Gasteiger partial charge in [-0.2, -0.15) is 0 Å². The van der Waals surface area contributed by atoms with E-state index >= 15 is 0 Å². The summed E-state index contributed by atoms with van der Waals surface area (Å²) in [6.45, 7) is 5.42. The van der Waals surface area contributed by atoms with Gasteiger partial charge in [0, 0.05) is 24.6 Å². The van der Waals surface area contributed by atoms with Crippen molar-refractivity contribution in [2.24, 2.45) is 5.41 Å². The Hall–Kier alpha value is -3.16. The van der Waals surface area contributed by atoms with Crippen molar-refractivity contribution in [3.8, 4) is 5.69 Å². The van der Waals surface area contributed by atoms with Crippen molar-refractivity contribution in [1.29, 1.82) is 0 Å². The first kappa shape index (κ1) is 22.1. The second kappa shape index (κ2) is 8.89. The predicted molar refractivity (Wildman–Crippen MR) is 106 cm³/mol. The van der Waals surface area contributed by atoms with Crippen molar-refractivity contribution in [2.75, 3.05) is 7.05 Å². The molecular weight excluding hydrogens is 377 g/mol. The Labute approximate surface area is 168 Å². The zero-order valence-corrected chi connectivity index (χ0v) is 16.9. The van der Waals surface area contributed by atoms with E-state index in [-0.39, 0.29) is 5.91 Å². The summed E-state index contributed by atoms with van der Waals surface area (Å²) >= 11 is 0. The van der Waals surface area contributed by atoms with E-state index in [1.54, 1.807) is 43.7 Å². The molecule has 0 aliphatic heterocycles. The Morgan fingerprint density at radius 2 is 1.72 bits per heavy atom. The van der Waals surface area contributed by atoms with Crippen LogP contribution in [0.1, 0.15) is 38.8 Å². The molecule has 0 aliphatic carbocycles. The number of likely N-dealkylation sites (N-methyl/N-ethyl adjacent to an activating group) is 1. The molecule has 0 radical (unpaired) electrons. The molecule has 29 heavy (non-hydrogen) atoms. The zero-order chi connectivity index (χ0) is 21.8. The lowest BCUT2D eigenvalue weighted by atomic mass is 9.85. The van der Waals surface area contributed by atoms with Crippen LogP contribution in [0.25, 0.3) is 5.69 Å². The number of carboxylic acids is 1. The topological polar surface area (TPSA) is 100 Å². The number of hydrogen-bond donors (Lipinski definition) is 3. The minimum absolute atomic E-state index is 0.367. The number of carbonyl (C=O) groups is 3. The first-order chi connectivity index (χ1) is 13.5. The van der Waals surface area contributed by atoms with Crippen LogP contribution in [0.5, 0.6) is 0 Å². The maximum Gasteiger partial charge on any atom is 0.304 e. The minimum Gasteiger partial charge on any atom is -0.481 e. The molecule has 1 aromatic heterocycles. The third-order valence-corrected chi connectivity index (χ3v) is 4.60. The van der Waals surface area contributed by atoms with Gasteiger partial charge in [0.1, 0.15) is 11.9 Å². The third-order valence-electron chi connectivity index (χ3n) is 4.60. The van der Waals surface area contributed by atoms with Crippen LogP contribution in [-0.2, 0) is 14.4 Å². The summed E-state index contributed by atoms with van der Waals surface area (Å²) in [5.74, 6) is -3.53. The molecule has 1 heterocycles. The Kier molecular flexibility index (Phi) is 6.79. The summed E-state index contributed by atoms with van der Waals surface area (Å²) in [7, 11) is 1.47. The number of benzene rings is 1. The van der Waals surface area contributed by atoms with Crippen LogP contribution in [0.2, 0.25) is 0 Å². The lowest BCUT2D eigenvalue weighted by Gasteiger charge is -2.31. The summed E-state index contributed by atoms with van der Waals surface area (Å²) in [5, 5.41) is 14.6. The number of hydrogen-bond acceptors (Lipinski definition) is 3. The van der Waals surface area contributed by atoms with Crippen LogP contribution in [0, 0.1) is 11.2 Å². The van der Waals surface area contributed by atoms with Gasteiger partial charge in [-0.25, -0.2) is 4.39 Å². The van der Waals surface area contributed by atoms with Crippen LogP contribution in [0.15, 0.2) is 42.6 Å². The second-order valence-electron chi connectivity index (χ2n) is 7.85. The fraction of sp³-hybridized carbons (Fsp3) is 0.381. The molecule has 2 atom stereocenters. The van der Waals surface area contributed by atoms with E-state index in [1.165, 1.54) is 31.3 Å². The normalized spacial score (nSPS) is 13.4. The van der Waals surface area contributed by atoms with E-state index in [4.69, 9.17) is 0 Å². The number of aliphatic carboxylic acids is 1. The summed E-state index contributed by atoms with van der Waals surface area (Å²) in [6, 6.07) is 8.13. The van der Waals surface area contributed by atoms with Crippen LogP contribution < -0.4 is 10.6 Å². The molecule has 156 valence electrons. The van der Waals surface area contributed by atoms with E-state index in [9.17, 15) is 23.9 Å². The standard InChI is InChI=1S/C21H26FN3O4/c1-21(2,3)18(20(29)23-4)24-19(28)15(12-17(26)27)16-6-5-11-25(16)14-9-7-13(22)8-10-14/h5-11,15,18H,12H2,1-4H3,(H,23,29)(H,24,28)(H,26,27)/t15-,18+/m0/s1. The van der Waals surface area contributed by atoms with E-state index < -0.39 is 41.5 Å². The molecule has 0 spiro atoms. The largest absolute Gasteiger partial charge is 0.481 e. The highest BCUT2D eigenvalue weighted by Gasteiger charge is 2.35. The molecule has 8 heteroatoms. The average molecular weight is 403 g/mol. The van der Waals surface area contributed by atoms with Crippen LogP contribution in [0.4, 0.5) is 4.39 Å². The van der Waals surface area contributed by atoms with Gasteiger partial charge in [-0.05, 0) is 41.8 Å². The maximum absolute atomic E-state index is 13.3. The molecule has 2 rings (SSSR count). The number of nitrogens with one attached hydrogen (secondary N) is 2. The third kappa shape index (κ3) is 5.43. The van der Waals surface area contributed by atoms with Crippen molar-refractivity contribution >= 4 is 17.8 Å². The van der Waals surface area contributed by atoms with Crippen LogP contribution in [-0.4, -0.2) is 40.5 Å². The highest BCUT2D eigenvalue weighted by atomic mass is 19.1. The van der Waals surface area contributed by atoms with E-state index in [0.29, 0.717) is 11.4 Å². The maximum atomic E-state index is 13.3. The monoisotopic (exact) mass is 403 g/mol. The number of carboxylic acid groups (broad SMARTS) is 1. The van der Waals surface area contributed by atoms with Gasteiger partial charge in [0.25, 0.3) is 0 Å². The molecule has 0 unspecified atom stereocenters. The number of carbonyl (C=O) groups excluding carboxylic acids is 2. The average Bonchev–Trinajstić information content (AvgIpc) is 3.12. The van der Waals surface area contributed by atoms with E-state index in [0.717, 1.165) is 0 Å². The van der Waals surface area contributed by atoms with Gasteiger partial charge in [-0.1, -0.05) is 20.8 Å². The molecule has 0 bridgehead atoms. The molecule has 2 aromatic rings. The van der Waals surface area contributed by atoms with Gasteiger partial charge in [0.2, 0.25) is 11.8 Å². The van der Waals surface area contributed by atoms with Crippen molar-refractivity contribution in [3.05, 3.63) is 54.1 Å². The molecular formula is C21H26FN3O4. The molecule has 7 nitrogen and oxygen atoms in total. The number of rotatable bonds is 7. The Balaban J connectivity index is 2.41. The molecule has 3 N–H and O–H groups in total. The Bertz CT molecular complexity index is 884. The number of amides is 2. The summed E-state index contributed by atoms with van der Waals surface area (Å²) in [6.07, 6.45) is 1.21. The number of halogens is 1. The summed E-state index contributed by atoms with van der Waals surface area (Å²) < 4.78 is 14.9. The molecule has 0 saturated carbocycles. The lowest BCUT2D eigenvalue weighted by Crippen LogP contribution is -2.54. The SMILES string of the molecule is CNC(=O)[C@@H](NC(=O)[C@@H](CC(=O)O)c1cccn1-c1ccc(F)cc1)C(C)(C)C. The van der Waals surface area contributed by atoms with Crippen LogP contribution >= 0.6 is 0 Å². The van der Waals surface area contributed by atoms with Gasteiger partial charge in [0.05, 0.1) is 12.3 Å². The molecule has 0 aliphatic rings. The van der Waals surface area contributed by atoms with Gasteiger partial charge in [0.15, 0.2) is 0 Å². The van der Waals surface area contributed by atoms with Crippen LogP contribution in [0.3, 0.4) is 0 Å². The quantitative estimate of drug-likeness (QED) is 0.661. The molecule has 1 aromatic carbocycles. The Morgan fingerprint density at radius 1 is 1.10 bits per heavy atom.